The fraction of sp³-hybridized carbons (Fsp3) is 0.875. The largest absolute Gasteiger partial charge is 0.481 e. The van der Waals surface area contributed by atoms with Crippen LogP contribution in [0.4, 0.5) is 0 Å². The minimum Gasteiger partial charge on any atom is -0.481 e. The number of aliphatic carboxylic acids is 1. The van der Waals surface area contributed by atoms with Gasteiger partial charge in [-0.25, -0.2) is 0 Å². The lowest BCUT2D eigenvalue weighted by Crippen LogP contribution is -2.38. The lowest BCUT2D eigenvalue weighted by Gasteiger charge is -2.22. The molecule has 0 aromatic heterocycles. The highest BCUT2D eigenvalue weighted by Crippen LogP contribution is 2.06. The summed E-state index contributed by atoms with van der Waals surface area (Å²) in [7, 11) is 5.54. The van der Waals surface area contributed by atoms with Crippen molar-refractivity contribution in [3.8, 4) is 0 Å². The van der Waals surface area contributed by atoms with Crippen LogP contribution in [0, 0.1) is 0 Å². The Morgan fingerprint density at radius 1 is 1.58 bits per heavy atom. The topological polar surface area (TPSA) is 49.3 Å². The Kier molecular flexibility index (Phi) is 4.31. The quantitative estimate of drug-likeness (QED) is 0.612. The highest BCUT2D eigenvalue weighted by molar-refractivity contribution is 6.13. The van der Waals surface area contributed by atoms with E-state index in [1.807, 2.05) is 20.8 Å². The van der Waals surface area contributed by atoms with E-state index in [0.29, 0.717) is 6.54 Å². The number of carboxylic acid groups (broad SMARTS) is 1. The number of carboxylic acids is 1. The molecule has 0 bridgehead atoms. The lowest BCUT2D eigenvalue weighted by molar-refractivity contribution is -0.137. The summed E-state index contributed by atoms with van der Waals surface area (Å²) in [5, 5.41) is 11.5. The first-order valence-electron chi connectivity index (χ1n) is 4.03. The van der Waals surface area contributed by atoms with Crippen molar-refractivity contribution in [3.05, 3.63) is 0 Å². The van der Waals surface area contributed by atoms with Gasteiger partial charge in [-0.1, -0.05) is 5.82 Å². The highest BCUT2D eigenvalue weighted by atomic mass is 16.4. The molecule has 1 unspecified atom stereocenters. The second-order valence-corrected chi connectivity index (χ2v) is 3.99. The summed E-state index contributed by atoms with van der Waals surface area (Å²) in [6, 6.07) is 0. The molecule has 0 amide bonds. The Bertz CT molecular complexity index is 154. The molecule has 2 N–H and O–H groups in total. The maximum Gasteiger partial charge on any atom is 0.302 e. The van der Waals surface area contributed by atoms with Crippen LogP contribution >= 0.6 is 0 Å². The van der Waals surface area contributed by atoms with Gasteiger partial charge < -0.3 is 10.4 Å². The van der Waals surface area contributed by atoms with Gasteiger partial charge in [0.25, 0.3) is 0 Å². The van der Waals surface area contributed by atoms with E-state index in [1.54, 1.807) is 0 Å². The van der Waals surface area contributed by atoms with Crippen molar-refractivity contribution in [2.45, 2.75) is 38.5 Å². The van der Waals surface area contributed by atoms with Gasteiger partial charge in [0.05, 0.1) is 7.85 Å². The van der Waals surface area contributed by atoms with E-state index in [4.69, 9.17) is 13.0 Å². The maximum absolute atomic E-state index is 10.2. The molecule has 0 aliphatic heterocycles. The van der Waals surface area contributed by atoms with Gasteiger partial charge in [-0.05, 0) is 27.3 Å². The van der Waals surface area contributed by atoms with Gasteiger partial charge in [0.2, 0.25) is 0 Å². The second kappa shape index (κ2) is 4.50. The van der Waals surface area contributed by atoms with Crippen molar-refractivity contribution >= 4 is 13.8 Å². The van der Waals surface area contributed by atoms with E-state index in [9.17, 15) is 4.79 Å². The summed E-state index contributed by atoms with van der Waals surface area (Å²) < 4.78 is 0. The third kappa shape index (κ3) is 7.60. The Morgan fingerprint density at radius 2 is 2.08 bits per heavy atom. The zero-order valence-corrected chi connectivity index (χ0v) is 7.92. The number of hydrogen-bond acceptors (Lipinski definition) is 2. The van der Waals surface area contributed by atoms with Crippen molar-refractivity contribution in [1.82, 2.24) is 5.32 Å². The van der Waals surface area contributed by atoms with E-state index in [-0.39, 0.29) is 17.8 Å². The third-order valence-electron chi connectivity index (χ3n) is 1.33. The Morgan fingerprint density at radius 3 is 2.42 bits per heavy atom. The van der Waals surface area contributed by atoms with E-state index >= 15 is 0 Å². The van der Waals surface area contributed by atoms with Crippen LogP contribution in [-0.4, -0.2) is 31.0 Å². The molecule has 3 nitrogen and oxygen atoms in total. The predicted octanol–water partition coefficient (Wildman–Crippen LogP) is 0.806. The summed E-state index contributed by atoms with van der Waals surface area (Å²) in [5.74, 6) is -1.15. The van der Waals surface area contributed by atoms with Crippen LogP contribution in [0.5, 0.6) is 0 Å². The molecule has 1 atom stereocenters. The molecule has 0 saturated heterocycles. The summed E-state index contributed by atoms with van der Waals surface area (Å²) in [5.41, 5.74) is -0.00385. The average molecular weight is 169 g/mol. The predicted molar refractivity (Wildman–Crippen MR) is 49.5 cm³/mol. The Balaban J connectivity index is 3.57. The summed E-state index contributed by atoms with van der Waals surface area (Å²) >= 11 is 0. The van der Waals surface area contributed by atoms with E-state index < -0.39 is 5.97 Å². The minimum atomic E-state index is -0.849. The normalized spacial score (nSPS) is 14.2. The third-order valence-corrected chi connectivity index (χ3v) is 1.33. The molecule has 0 aliphatic carbocycles. The fourth-order valence-corrected chi connectivity index (χ4v) is 0.734. The number of rotatable bonds is 4. The van der Waals surface area contributed by atoms with Crippen LogP contribution in [0.1, 0.15) is 27.2 Å². The van der Waals surface area contributed by atoms with Crippen molar-refractivity contribution in [2.24, 2.45) is 0 Å². The molecule has 0 fully saturated rings. The maximum atomic E-state index is 10.2. The first-order valence-corrected chi connectivity index (χ1v) is 4.03. The molecule has 2 radical (unpaired) electrons. The molecule has 12 heavy (non-hydrogen) atoms. The summed E-state index contributed by atoms with van der Waals surface area (Å²) in [6.07, 6.45) is 0.0169. The van der Waals surface area contributed by atoms with Crippen molar-refractivity contribution in [3.63, 3.8) is 0 Å². The fourth-order valence-electron chi connectivity index (χ4n) is 0.734. The van der Waals surface area contributed by atoms with E-state index in [2.05, 4.69) is 5.32 Å². The average Bonchev–Trinajstić information content (AvgIpc) is 1.80. The van der Waals surface area contributed by atoms with Crippen LogP contribution < -0.4 is 5.32 Å². The SMILES string of the molecule is [B]C(CNC(C)(C)C)CC(=O)O. The Hall–Kier alpha value is -0.505. The van der Waals surface area contributed by atoms with Crippen molar-refractivity contribution in [2.75, 3.05) is 6.54 Å². The summed E-state index contributed by atoms with van der Waals surface area (Å²) in [4.78, 5) is 10.2. The van der Waals surface area contributed by atoms with E-state index in [0.717, 1.165) is 0 Å². The molecule has 0 aliphatic rings. The van der Waals surface area contributed by atoms with Crippen LogP contribution in [0.3, 0.4) is 0 Å². The monoisotopic (exact) mass is 169 g/mol. The molecule has 68 valence electrons. The van der Waals surface area contributed by atoms with Crippen LogP contribution in [-0.2, 0) is 4.79 Å². The smallest absolute Gasteiger partial charge is 0.302 e. The van der Waals surface area contributed by atoms with Crippen molar-refractivity contribution < 1.29 is 9.90 Å². The number of hydrogen-bond donors (Lipinski definition) is 2. The standard InChI is InChI=1S/C8H16BNO2/c1-8(2,3)10-5-6(9)4-7(11)12/h6,10H,4-5H2,1-3H3,(H,11,12). The van der Waals surface area contributed by atoms with Gasteiger partial charge in [-0.15, -0.1) is 0 Å². The molecule has 0 aromatic rings. The van der Waals surface area contributed by atoms with Crippen LogP contribution in [0.15, 0.2) is 0 Å². The Labute approximate surface area is 75.0 Å². The highest BCUT2D eigenvalue weighted by Gasteiger charge is 2.12. The molecule has 0 spiro atoms. The molecule has 4 heteroatoms. The second-order valence-electron chi connectivity index (χ2n) is 3.99. The van der Waals surface area contributed by atoms with Crippen molar-refractivity contribution in [1.29, 1.82) is 0 Å². The van der Waals surface area contributed by atoms with Crippen LogP contribution in [0.2, 0.25) is 5.82 Å². The first kappa shape index (κ1) is 11.5. The molecule has 0 rings (SSSR count). The zero-order valence-electron chi connectivity index (χ0n) is 7.92. The molecular weight excluding hydrogens is 153 g/mol. The van der Waals surface area contributed by atoms with Gasteiger partial charge in [-0.3, -0.25) is 4.79 Å². The molecule has 0 heterocycles. The molecule has 0 aromatic carbocycles. The van der Waals surface area contributed by atoms with Gasteiger partial charge in [0.15, 0.2) is 0 Å². The van der Waals surface area contributed by atoms with E-state index in [1.165, 1.54) is 0 Å². The van der Waals surface area contributed by atoms with Crippen LogP contribution in [0.25, 0.3) is 0 Å². The first-order chi connectivity index (χ1) is 5.31. The summed E-state index contributed by atoms with van der Waals surface area (Å²) in [6.45, 7) is 6.58. The van der Waals surface area contributed by atoms with Gasteiger partial charge in [0, 0.05) is 12.0 Å². The number of nitrogens with one attached hydrogen (secondary N) is 1. The van der Waals surface area contributed by atoms with Gasteiger partial charge in [0.1, 0.15) is 0 Å². The lowest BCUT2D eigenvalue weighted by atomic mass is 9.84. The van der Waals surface area contributed by atoms with Gasteiger partial charge >= 0.3 is 5.97 Å². The molecule has 0 saturated carbocycles. The minimum absolute atomic E-state index is 0.00385. The van der Waals surface area contributed by atoms with Gasteiger partial charge in [-0.2, -0.15) is 0 Å². The zero-order chi connectivity index (χ0) is 9.78. The molecular formula is C8H16BNO2. The number of carbonyl (C=O) groups is 1.